The van der Waals surface area contributed by atoms with E-state index in [0.717, 1.165) is 5.69 Å². The van der Waals surface area contributed by atoms with Crippen molar-refractivity contribution in [1.29, 1.82) is 5.26 Å². The van der Waals surface area contributed by atoms with Crippen LogP contribution in [0, 0.1) is 11.3 Å². The summed E-state index contributed by atoms with van der Waals surface area (Å²) >= 11 is 5.77. The van der Waals surface area contributed by atoms with E-state index >= 15 is 0 Å². The molecule has 2 rings (SSSR count). The van der Waals surface area contributed by atoms with E-state index in [1.807, 2.05) is 6.07 Å². The zero-order valence-electron chi connectivity index (χ0n) is 8.77. The van der Waals surface area contributed by atoms with Gasteiger partial charge in [-0.05, 0) is 30.3 Å². The van der Waals surface area contributed by atoms with Gasteiger partial charge < -0.3 is 14.8 Å². The number of hydrogen-bond donors (Lipinski definition) is 2. The molecule has 0 unspecified atom stereocenters. The number of aromatic hydroxyl groups is 1. The van der Waals surface area contributed by atoms with E-state index in [-0.39, 0.29) is 16.5 Å². The molecule has 0 radical (unpaired) electrons. The smallest absolute Gasteiger partial charge is 0.203 e. The standard InChI is InChI=1S/C12H9ClN2O2/c13-11-5-8(1-4-12(11)16)15-7-10-3-2-9(6-14)17-10/h1-5,15-16H,7H2. The van der Waals surface area contributed by atoms with Gasteiger partial charge in [0, 0.05) is 5.69 Å². The molecular weight excluding hydrogens is 240 g/mol. The van der Waals surface area contributed by atoms with E-state index in [4.69, 9.17) is 21.3 Å². The number of phenols is 1. The molecule has 86 valence electrons. The fraction of sp³-hybridized carbons (Fsp3) is 0.0833. The van der Waals surface area contributed by atoms with E-state index in [9.17, 15) is 5.11 Å². The highest BCUT2D eigenvalue weighted by molar-refractivity contribution is 6.32. The Morgan fingerprint density at radius 1 is 1.35 bits per heavy atom. The van der Waals surface area contributed by atoms with Gasteiger partial charge in [0.25, 0.3) is 0 Å². The van der Waals surface area contributed by atoms with E-state index in [0.29, 0.717) is 12.3 Å². The second-order valence-electron chi connectivity index (χ2n) is 3.40. The van der Waals surface area contributed by atoms with Crippen molar-refractivity contribution in [3.8, 4) is 11.8 Å². The minimum Gasteiger partial charge on any atom is -0.506 e. The number of halogens is 1. The molecule has 1 heterocycles. The first kappa shape index (κ1) is 11.4. The normalized spacial score (nSPS) is 9.88. The Hall–Kier alpha value is -2.12. The second-order valence-corrected chi connectivity index (χ2v) is 3.80. The Balaban J connectivity index is 2.02. The molecule has 0 aliphatic carbocycles. The van der Waals surface area contributed by atoms with Crippen LogP contribution < -0.4 is 5.32 Å². The largest absolute Gasteiger partial charge is 0.506 e. The number of nitriles is 1. The lowest BCUT2D eigenvalue weighted by Crippen LogP contribution is -1.97. The van der Waals surface area contributed by atoms with Crippen LogP contribution in [0.1, 0.15) is 11.5 Å². The molecule has 0 spiro atoms. The molecule has 0 saturated heterocycles. The number of rotatable bonds is 3. The van der Waals surface area contributed by atoms with Gasteiger partial charge in [0.1, 0.15) is 17.6 Å². The molecule has 2 aromatic rings. The minimum absolute atomic E-state index is 0.0435. The number of hydrogen-bond acceptors (Lipinski definition) is 4. The van der Waals surface area contributed by atoms with Crippen molar-refractivity contribution in [2.75, 3.05) is 5.32 Å². The molecule has 17 heavy (non-hydrogen) atoms. The maximum Gasteiger partial charge on any atom is 0.203 e. The number of nitrogens with zero attached hydrogens (tertiary/aromatic N) is 1. The van der Waals surface area contributed by atoms with Gasteiger partial charge in [0.05, 0.1) is 11.6 Å². The molecule has 1 aromatic carbocycles. The highest BCUT2D eigenvalue weighted by Gasteiger charge is 2.02. The highest BCUT2D eigenvalue weighted by atomic mass is 35.5. The molecule has 0 fully saturated rings. The second kappa shape index (κ2) is 4.81. The van der Waals surface area contributed by atoms with Crippen molar-refractivity contribution in [2.45, 2.75) is 6.54 Å². The summed E-state index contributed by atoms with van der Waals surface area (Å²) in [5.41, 5.74) is 0.766. The Labute approximate surface area is 103 Å². The van der Waals surface area contributed by atoms with E-state index in [2.05, 4.69) is 5.32 Å². The minimum atomic E-state index is 0.0435. The molecule has 2 N–H and O–H groups in total. The predicted molar refractivity (Wildman–Crippen MR) is 63.9 cm³/mol. The predicted octanol–water partition coefficient (Wildman–Crippen LogP) is 3.12. The summed E-state index contributed by atoms with van der Waals surface area (Å²) in [6, 6.07) is 10.1. The zero-order chi connectivity index (χ0) is 12.3. The maximum absolute atomic E-state index is 9.25. The van der Waals surface area contributed by atoms with Gasteiger partial charge in [0.2, 0.25) is 5.76 Å². The highest BCUT2D eigenvalue weighted by Crippen LogP contribution is 2.26. The Morgan fingerprint density at radius 2 is 2.18 bits per heavy atom. The fourth-order valence-electron chi connectivity index (χ4n) is 1.34. The Kier molecular flexibility index (Phi) is 3.22. The molecule has 0 bridgehead atoms. The van der Waals surface area contributed by atoms with Gasteiger partial charge in [0.15, 0.2) is 0 Å². The van der Waals surface area contributed by atoms with Crippen LogP contribution in [-0.4, -0.2) is 5.11 Å². The fourth-order valence-corrected chi connectivity index (χ4v) is 1.52. The first-order valence-corrected chi connectivity index (χ1v) is 5.28. The lowest BCUT2D eigenvalue weighted by molar-refractivity contribution is 0.475. The number of phenolic OH excluding ortho intramolecular Hbond substituents is 1. The molecule has 1 aromatic heterocycles. The van der Waals surface area contributed by atoms with Crippen molar-refractivity contribution in [3.05, 3.63) is 46.9 Å². The van der Waals surface area contributed by atoms with Crippen LogP contribution in [0.25, 0.3) is 0 Å². The van der Waals surface area contributed by atoms with Crippen molar-refractivity contribution in [1.82, 2.24) is 0 Å². The van der Waals surface area contributed by atoms with Crippen molar-refractivity contribution >= 4 is 17.3 Å². The van der Waals surface area contributed by atoms with Gasteiger partial charge in [-0.3, -0.25) is 0 Å². The first-order valence-electron chi connectivity index (χ1n) is 4.90. The van der Waals surface area contributed by atoms with Gasteiger partial charge in [-0.2, -0.15) is 5.26 Å². The zero-order valence-corrected chi connectivity index (χ0v) is 9.53. The summed E-state index contributed by atoms with van der Waals surface area (Å²) in [6.45, 7) is 0.447. The van der Waals surface area contributed by atoms with Crippen LogP contribution in [-0.2, 0) is 6.54 Å². The van der Waals surface area contributed by atoms with Gasteiger partial charge >= 0.3 is 0 Å². The molecule has 5 heteroatoms. The number of nitrogens with one attached hydrogen (secondary N) is 1. The van der Waals surface area contributed by atoms with E-state index < -0.39 is 0 Å². The summed E-state index contributed by atoms with van der Waals surface area (Å²) in [5, 5.41) is 21.2. The van der Waals surface area contributed by atoms with E-state index in [1.54, 1.807) is 24.3 Å². The Bertz CT molecular complexity index is 572. The lowest BCUT2D eigenvalue weighted by atomic mass is 10.3. The summed E-state index contributed by atoms with van der Waals surface area (Å²) in [7, 11) is 0. The quantitative estimate of drug-likeness (QED) is 0.819. The molecule has 0 saturated carbocycles. The van der Waals surface area contributed by atoms with Crippen LogP contribution in [0.2, 0.25) is 5.02 Å². The number of furan rings is 1. The van der Waals surface area contributed by atoms with Crippen molar-refractivity contribution in [2.24, 2.45) is 0 Å². The monoisotopic (exact) mass is 248 g/mol. The van der Waals surface area contributed by atoms with Crippen LogP contribution >= 0.6 is 11.6 Å². The van der Waals surface area contributed by atoms with Crippen LogP contribution in [0.15, 0.2) is 34.7 Å². The van der Waals surface area contributed by atoms with E-state index in [1.165, 1.54) is 6.07 Å². The summed E-state index contributed by atoms with van der Waals surface area (Å²) < 4.78 is 5.20. The van der Waals surface area contributed by atoms with Gasteiger partial charge in [-0.25, -0.2) is 0 Å². The third-order valence-corrected chi connectivity index (χ3v) is 2.49. The van der Waals surface area contributed by atoms with Crippen LogP contribution in [0.4, 0.5) is 5.69 Å². The average molecular weight is 249 g/mol. The van der Waals surface area contributed by atoms with Gasteiger partial charge in [-0.15, -0.1) is 0 Å². The van der Waals surface area contributed by atoms with Crippen molar-refractivity contribution < 1.29 is 9.52 Å². The first-order chi connectivity index (χ1) is 8.19. The molecular formula is C12H9ClN2O2. The topological polar surface area (TPSA) is 69.2 Å². The third-order valence-electron chi connectivity index (χ3n) is 2.19. The van der Waals surface area contributed by atoms with Crippen molar-refractivity contribution in [3.63, 3.8) is 0 Å². The molecule has 4 nitrogen and oxygen atoms in total. The van der Waals surface area contributed by atoms with Crippen LogP contribution in [0.5, 0.6) is 5.75 Å². The summed E-state index contributed by atoms with van der Waals surface area (Å²) in [6.07, 6.45) is 0. The van der Waals surface area contributed by atoms with Crippen LogP contribution in [0.3, 0.4) is 0 Å². The molecule has 0 aliphatic rings. The summed E-state index contributed by atoms with van der Waals surface area (Å²) in [5.74, 6) is 0.985. The Morgan fingerprint density at radius 3 is 2.82 bits per heavy atom. The molecule has 0 aliphatic heterocycles. The molecule has 0 atom stereocenters. The molecule has 0 amide bonds. The summed E-state index contributed by atoms with van der Waals surface area (Å²) in [4.78, 5) is 0. The third kappa shape index (κ3) is 2.71. The maximum atomic E-state index is 9.25. The number of anilines is 1. The average Bonchev–Trinajstić information content (AvgIpc) is 2.79. The van der Waals surface area contributed by atoms with Gasteiger partial charge in [-0.1, -0.05) is 11.6 Å². The number of benzene rings is 1. The lowest BCUT2D eigenvalue weighted by Gasteiger charge is -2.05. The SMILES string of the molecule is N#Cc1ccc(CNc2ccc(O)c(Cl)c2)o1.